The van der Waals surface area contributed by atoms with Crippen molar-refractivity contribution in [1.82, 2.24) is 4.31 Å². The van der Waals surface area contributed by atoms with E-state index in [1.807, 2.05) is 31.2 Å². The molecule has 0 spiro atoms. The molecule has 0 radical (unpaired) electrons. The summed E-state index contributed by atoms with van der Waals surface area (Å²) in [7, 11) is -3.49. The van der Waals surface area contributed by atoms with Crippen LogP contribution in [0.15, 0.2) is 53.4 Å². The van der Waals surface area contributed by atoms with Crippen LogP contribution in [0.4, 0.5) is 5.69 Å². The molecule has 5 nitrogen and oxygen atoms in total. The van der Waals surface area contributed by atoms with E-state index in [-0.39, 0.29) is 10.8 Å². The second-order valence-corrected chi connectivity index (χ2v) is 8.55. The Morgan fingerprint density at radius 2 is 1.54 bits per heavy atom. The molecule has 0 aliphatic carbocycles. The summed E-state index contributed by atoms with van der Waals surface area (Å²) in [6.07, 6.45) is 3.94. The van der Waals surface area contributed by atoms with E-state index >= 15 is 0 Å². The fraction of sp³-hybridized carbons (Fsp3) is 0.350. The predicted molar refractivity (Wildman–Crippen MR) is 103 cm³/mol. The number of aryl methyl sites for hydroxylation is 1. The second-order valence-electron chi connectivity index (χ2n) is 6.61. The van der Waals surface area contributed by atoms with Crippen LogP contribution in [0.5, 0.6) is 0 Å². The Balaban J connectivity index is 1.75. The van der Waals surface area contributed by atoms with Crippen molar-refractivity contribution < 1.29 is 13.2 Å². The van der Waals surface area contributed by atoms with Crippen molar-refractivity contribution >= 4 is 21.6 Å². The summed E-state index contributed by atoms with van der Waals surface area (Å²) < 4.78 is 27.1. The summed E-state index contributed by atoms with van der Waals surface area (Å²) in [4.78, 5) is 12.6. The van der Waals surface area contributed by atoms with E-state index in [1.165, 1.54) is 12.1 Å². The minimum atomic E-state index is -3.49. The first kappa shape index (κ1) is 18.6. The zero-order chi connectivity index (χ0) is 18.6. The van der Waals surface area contributed by atoms with Crippen LogP contribution in [0.2, 0.25) is 0 Å². The number of benzene rings is 2. The first-order chi connectivity index (χ1) is 12.5. The van der Waals surface area contributed by atoms with Crippen LogP contribution in [-0.2, 0) is 10.0 Å². The molecule has 3 rings (SSSR count). The van der Waals surface area contributed by atoms with Crippen LogP contribution >= 0.6 is 0 Å². The first-order valence-corrected chi connectivity index (χ1v) is 10.4. The smallest absolute Gasteiger partial charge is 0.255 e. The highest BCUT2D eigenvalue weighted by atomic mass is 32.2. The summed E-state index contributed by atoms with van der Waals surface area (Å²) in [6.45, 7) is 3.06. The van der Waals surface area contributed by atoms with E-state index in [1.54, 1.807) is 16.4 Å². The number of hydrogen-bond acceptors (Lipinski definition) is 3. The molecule has 2 aromatic carbocycles. The molecule has 0 atom stereocenters. The Bertz CT molecular complexity index is 868. The molecule has 1 heterocycles. The molecule has 1 saturated heterocycles. The summed E-state index contributed by atoms with van der Waals surface area (Å²) in [5.74, 6) is -0.252. The number of amides is 1. The van der Waals surface area contributed by atoms with Crippen molar-refractivity contribution in [2.45, 2.75) is 37.5 Å². The average molecular weight is 372 g/mol. The lowest BCUT2D eigenvalue weighted by Crippen LogP contribution is -2.31. The molecule has 26 heavy (non-hydrogen) atoms. The number of anilines is 1. The van der Waals surface area contributed by atoms with E-state index in [9.17, 15) is 13.2 Å². The monoisotopic (exact) mass is 372 g/mol. The third-order valence-electron chi connectivity index (χ3n) is 4.71. The van der Waals surface area contributed by atoms with Gasteiger partial charge in [-0.05, 0) is 55.7 Å². The third kappa shape index (κ3) is 4.14. The number of rotatable bonds is 4. The maximum atomic E-state index is 12.8. The van der Waals surface area contributed by atoms with E-state index in [4.69, 9.17) is 0 Å². The third-order valence-corrected chi connectivity index (χ3v) is 6.63. The van der Waals surface area contributed by atoms with Crippen LogP contribution in [0.25, 0.3) is 0 Å². The Morgan fingerprint density at radius 1 is 0.923 bits per heavy atom. The second kappa shape index (κ2) is 8.01. The van der Waals surface area contributed by atoms with Crippen LogP contribution < -0.4 is 5.32 Å². The number of nitrogens with one attached hydrogen (secondary N) is 1. The molecule has 138 valence electrons. The molecular weight excluding hydrogens is 348 g/mol. The van der Waals surface area contributed by atoms with E-state index in [0.717, 1.165) is 36.9 Å². The van der Waals surface area contributed by atoms with Gasteiger partial charge in [0, 0.05) is 24.3 Å². The van der Waals surface area contributed by atoms with Gasteiger partial charge in [0.15, 0.2) is 0 Å². The topological polar surface area (TPSA) is 66.5 Å². The van der Waals surface area contributed by atoms with Gasteiger partial charge in [-0.3, -0.25) is 4.79 Å². The van der Waals surface area contributed by atoms with Gasteiger partial charge in [-0.25, -0.2) is 8.42 Å². The first-order valence-electron chi connectivity index (χ1n) is 8.96. The minimum absolute atomic E-state index is 0.242. The molecule has 1 N–H and O–H groups in total. The molecule has 0 aromatic heterocycles. The van der Waals surface area contributed by atoms with Crippen molar-refractivity contribution in [3.05, 3.63) is 59.7 Å². The van der Waals surface area contributed by atoms with Gasteiger partial charge in [0.1, 0.15) is 0 Å². The number of sulfonamides is 1. The molecule has 0 unspecified atom stereocenters. The summed E-state index contributed by atoms with van der Waals surface area (Å²) in [5, 5.41) is 2.86. The Morgan fingerprint density at radius 3 is 2.15 bits per heavy atom. The van der Waals surface area contributed by atoms with Gasteiger partial charge in [-0.2, -0.15) is 4.31 Å². The Labute approximate surface area is 155 Å². The lowest BCUT2D eigenvalue weighted by atomic mass is 10.1. The maximum Gasteiger partial charge on any atom is 0.255 e. The number of hydrogen-bond donors (Lipinski definition) is 1. The van der Waals surface area contributed by atoms with Crippen molar-refractivity contribution in [1.29, 1.82) is 0 Å². The van der Waals surface area contributed by atoms with Crippen LogP contribution in [0.3, 0.4) is 0 Å². The molecule has 6 heteroatoms. The Hall–Kier alpha value is -2.18. The number of carbonyl (C=O) groups is 1. The van der Waals surface area contributed by atoms with Gasteiger partial charge < -0.3 is 5.32 Å². The minimum Gasteiger partial charge on any atom is -0.322 e. The van der Waals surface area contributed by atoms with Crippen molar-refractivity contribution in [3.8, 4) is 0 Å². The normalized spacial score (nSPS) is 16.0. The van der Waals surface area contributed by atoms with Crippen molar-refractivity contribution in [3.63, 3.8) is 0 Å². The summed E-state index contributed by atoms with van der Waals surface area (Å²) >= 11 is 0. The van der Waals surface area contributed by atoms with Crippen LogP contribution in [0, 0.1) is 6.92 Å². The highest BCUT2D eigenvalue weighted by Crippen LogP contribution is 2.21. The predicted octanol–water partition coefficient (Wildman–Crippen LogP) is 3.81. The van der Waals surface area contributed by atoms with Crippen molar-refractivity contribution in [2.75, 3.05) is 18.4 Å². The molecular formula is C20H24N2O3S. The SMILES string of the molecule is Cc1ccccc1NC(=O)c1ccc(S(=O)(=O)N2CCCCCC2)cc1. The maximum absolute atomic E-state index is 12.8. The van der Waals surface area contributed by atoms with E-state index in [0.29, 0.717) is 18.7 Å². The van der Waals surface area contributed by atoms with E-state index < -0.39 is 10.0 Å². The highest BCUT2D eigenvalue weighted by Gasteiger charge is 2.25. The Kier molecular flexibility index (Phi) is 5.74. The largest absolute Gasteiger partial charge is 0.322 e. The molecule has 0 saturated carbocycles. The fourth-order valence-corrected chi connectivity index (χ4v) is 4.63. The summed E-state index contributed by atoms with van der Waals surface area (Å²) in [6, 6.07) is 13.7. The zero-order valence-corrected chi connectivity index (χ0v) is 15.8. The zero-order valence-electron chi connectivity index (χ0n) is 14.9. The number of para-hydroxylation sites is 1. The molecule has 1 aliphatic heterocycles. The van der Waals surface area contributed by atoms with Gasteiger partial charge in [0.25, 0.3) is 5.91 Å². The van der Waals surface area contributed by atoms with E-state index in [2.05, 4.69) is 5.32 Å². The summed E-state index contributed by atoms with van der Waals surface area (Å²) in [5.41, 5.74) is 2.16. The quantitative estimate of drug-likeness (QED) is 0.887. The number of nitrogens with zero attached hydrogens (tertiary/aromatic N) is 1. The lowest BCUT2D eigenvalue weighted by molar-refractivity contribution is 0.102. The molecule has 1 amide bonds. The van der Waals surface area contributed by atoms with Gasteiger partial charge in [-0.15, -0.1) is 0 Å². The number of carbonyl (C=O) groups excluding carboxylic acids is 1. The fourth-order valence-electron chi connectivity index (χ4n) is 3.12. The van der Waals surface area contributed by atoms with Gasteiger partial charge in [-0.1, -0.05) is 31.0 Å². The van der Waals surface area contributed by atoms with Crippen LogP contribution in [0.1, 0.15) is 41.6 Å². The standard InChI is InChI=1S/C20H24N2O3S/c1-16-8-4-5-9-19(16)21-20(23)17-10-12-18(13-11-17)26(24,25)22-14-6-2-3-7-15-22/h4-5,8-13H,2-3,6-7,14-15H2,1H3,(H,21,23). The van der Waals surface area contributed by atoms with Gasteiger partial charge in [0.05, 0.1) is 4.90 Å². The molecule has 0 bridgehead atoms. The highest BCUT2D eigenvalue weighted by molar-refractivity contribution is 7.89. The molecule has 1 aliphatic rings. The average Bonchev–Trinajstić information content (AvgIpc) is 2.94. The van der Waals surface area contributed by atoms with Gasteiger partial charge >= 0.3 is 0 Å². The molecule has 1 fully saturated rings. The van der Waals surface area contributed by atoms with Crippen LogP contribution in [-0.4, -0.2) is 31.7 Å². The van der Waals surface area contributed by atoms with Crippen molar-refractivity contribution in [2.24, 2.45) is 0 Å². The van der Waals surface area contributed by atoms with Gasteiger partial charge in [0.2, 0.25) is 10.0 Å². The molecule has 2 aromatic rings. The lowest BCUT2D eigenvalue weighted by Gasteiger charge is -2.20.